The van der Waals surface area contributed by atoms with E-state index in [0.717, 1.165) is 18.4 Å². The number of methoxy groups -OCH3 is 1. The van der Waals surface area contributed by atoms with Crippen LogP contribution in [-0.2, 0) is 16.4 Å². The van der Waals surface area contributed by atoms with Crippen LogP contribution in [0.4, 0.5) is 0 Å². The summed E-state index contributed by atoms with van der Waals surface area (Å²) in [5, 5.41) is 3.05. The van der Waals surface area contributed by atoms with Crippen LogP contribution < -0.4 is 10.1 Å². The highest BCUT2D eigenvalue weighted by molar-refractivity contribution is 7.89. The Hall–Kier alpha value is -1.11. The first-order valence-corrected chi connectivity index (χ1v) is 8.69. The highest BCUT2D eigenvalue weighted by atomic mass is 32.2. The predicted molar refractivity (Wildman–Crippen MR) is 85.3 cm³/mol. The maximum absolute atomic E-state index is 12.7. The van der Waals surface area contributed by atoms with Crippen LogP contribution in [0.15, 0.2) is 23.1 Å². The van der Waals surface area contributed by atoms with Crippen molar-refractivity contribution in [3.05, 3.63) is 23.8 Å². The number of unbranched alkanes of at least 4 members (excludes halogenated alkanes) is 1. The van der Waals surface area contributed by atoms with Gasteiger partial charge < -0.3 is 10.1 Å². The van der Waals surface area contributed by atoms with Crippen molar-refractivity contribution in [1.82, 2.24) is 9.62 Å². The zero-order valence-corrected chi connectivity index (χ0v) is 14.2. The lowest BCUT2D eigenvalue weighted by Crippen LogP contribution is -2.29. The molecule has 1 N–H and O–H groups in total. The molecular weight excluding hydrogens is 288 g/mol. The molecule has 0 amide bonds. The standard InChI is InChI=1S/C15H26N2O3S/c1-5-6-11-17(3)21(18,19)15-8-7-14(20-4)12-13(15)9-10-16-2/h7-8,12,16H,5-6,9-11H2,1-4H3. The van der Waals surface area contributed by atoms with Crippen LogP contribution in [0.1, 0.15) is 25.3 Å². The van der Waals surface area contributed by atoms with Crippen LogP contribution in [-0.4, -0.2) is 47.0 Å². The second-order valence-corrected chi connectivity index (χ2v) is 7.02. The quantitative estimate of drug-likeness (QED) is 0.756. The molecule has 1 aromatic carbocycles. The zero-order valence-electron chi connectivity index (χ0n) is 13.3. The van der Waals surface area contributed by atoms with Gasteiger partial charge in [-0.15, -0.1) is 0 Å². The second-order valence-electron chi connectivity index (χ2n) is 5.01. The monoisotopic (exact) mass is 314 g/mol. The van der Waals surface area contributed by atoms with Gasteiger partial charge in [0, 0.05) is 13.6 Å². The summed E-state index contributed by atoms with van der Waals surface area (Å²) in [4.78, 5) is 0.372. The van der Waals surface area contributed by atoms with E-state index < -0.39 is 10.0 Å². The first-order chi connectivity index (χ1) is 9.97. The second kappa shape index (κ2) is 8.36. The SMILES string of the molecule is CCCCN(C)S(=O)(=O)c1ccc(OC)cc1CCNC. The fourth-order valence-electron chi connectivity index (χ4n) is 2.06. The molecule has 0 saturated carbocycles. The maximum atomic E-state index is 12.7. The van der Waals surface area contributed by atoms with Crippen LogP contribution in [0.25, 0.3) is 0 Å². The Kier molecular flexibility index (Phi) is 7.14. The van der Waals surface area contributed by atoms with Gasteiger partial charge in [0.05, 0.1) is 12.0 Å². The van der Waals surface area contributed by atoms with E-state index in [4.69, 9.17) is 4.74 Å². The van der Waals surface area contributed by atoms with Crippen molar-refractivity contribution in [2.75, 3.05) is 34.3 Å². The summed E-state index contributed by atoms with van der Waals surface area (Å²) in [5.41, 5.74) is 0.784. The van der Waals surface area contributed by atoms with Crippen molar-refractivity contribution in [1.29, 1.82) is 0 Å². The maximum Gasteiger partial charge on any atom is 0.243 e. The highest BCUT2D eigenvalue weighted by Gasteiger charge is 2.23. The third kappa shape index (κ3) is 4.69. The van der Waals surface area contributed by atoms with Crippen molar-refractivity contribution < 1.29 is 13.2 Å². The number of ether oxygens (including phenoxy) is 1. The lowest BCUT2D eigenvalue weighted by Gasteiger charge is -2.19. The van der Waals surface area contributed by atoms with Crippen LogP contribution in [0.3, 0.4) is 0 Å². The third-order valence-electron chi connectivity index (χ3n) is 3.43. The first kappa shape index (κ1) is 17.9. The van der Waals surface area contributed by atoms with Crippen LogP contribution >= 0.6 is 0 Å². The molecule has 0 aliphatic carbocycles. The summed E-state index contributed by atoms with van der Waals surface area (Å²) in [5.74, 6) is 0.677. The van der Waals surface area contributed by atoms with Gasteiger partial charge in [0.15, 0.2) is 0 Å². The Labute approximate surface area is 128 Å². The van der Waals surface area contributed by atoms with E-state index in [1.807, 2.05) is 14.0 Å². The molecule has 1 aromatic rings. The zero-order chi connectivity index (χ0) is 15.9. The molecule has 0 aliphatic heterocycles. The molecule has 0 bridgehead atoms. The fraction of sp³-hybridized carbons (Fsp3) is 0.600. The third-order valence-corrected chi connectivity index (χ3v) is 5.38. The van der Waals surface area contributed by atoms with Gasteiger partial charge >= 0.3 is 0 Å². The summed E-state index contributed by atoms with van der Waals surface area (Å²) in [7, 11) is 1.62. The molecule has 0 atom stereocenters. The van der Waals surface area contributed by atoms with Crippen molar-refractivity contribution in [3.8, 4) is 5.75 Å². The number of hydrogen-bond donors (Lipinski definition) is 1. The molecular formula is C15H26N2O3S. The molecule has 0 fully saturated rings. The van der Waals surface area contributed by atoms with Crippen molar-refractivity contribution in [2.45, 2.75) is 31.1 Å². The van der Waals surface area contributed by atoms with Gasteiger partial charge in [-0.05, 0) is 50.2 Å². The minimum Gasteiger partial charge on any atom is -0.497 e. The minimum atomic E-state index is -3.45. The van der Waals surface area contributed by atoms with Gasteiger partial charge in [-0.3, -0.25) is 0 Å². The lowest BCUT2D eigenvalue weighted by atomic mass is 10.1. The smallest absolute Gasteiger partial charge is 0.243 e. The van der Waals surface area contributed by atoms with Gasteiger partial charge in [-0.2, -0.15) is 0 Å². The first-order valence-electron chi connectivity index (χ1n) is 7.25. The summed E-state index contributed by atoms with van der Waals surface area (Å²) in [6, 6.07) is 5.14. The van der Waals surface area contributed by atoms with Gasteiger partial charge in [0.2, 0.25) is 10.0 Å². The molecule has 21 heavy (non-hydrogen) atoms. The Balaban J connectivity index is 3.14. The Morgan fingerprint density at radius 1 is 1.33 bits per heavy atom. The minimum absolute atomic E-state index is 0.372. The van der Waals surface area contributed by atoms with Gasteiger partial charge in [0.1, 0.15) is 5.75 Å². The van der Waals surface area contributed by atoms with E-state index in [2.05, 4.69) is 5.32 Å². The number of benzene rings is 1. The average Bonchev–Trinajstić information content (AvgIpc) is 2.49. The Bertz CT molecular complexity index is 544. The Morgan fingerprint density at radius 3 is 2.62 bits per heavy atom. The number of sulfonamides is 1. The molecule has 0 aliphatic rings. The normalized spacial score (nSPS) is 11.9. The lowest BCUT2D eigenvalue weighted by molar-refractivity contribution is 0.413. The van der Waals surface area contributed by atoms with E-state index in [1.165, 1.54) is 4.31 Å². The van der Waals surface area contributed by atoms with E-state index >= 15 is 0 Å². The number of nitrogens with one attached hydrogen (secondary N) is 1. The summed E-state index contributed by atoms with van der Waals surface area (Å²) >= 11 is 0. The van der Waals surface area contributed by atoms with Crippen molar-refractivity contribution >= 4 is 10.0 Å². The van der Waals surface area contributed by atoms with E-state index in [9.17, 15) is 8.42 Å². The highest BCUT2D eigenvalue weighted by Crippen LogP contribution is 2.24. The Morgan fingerprint density at radius 2 is 2.05 bits per heavy atom. The van der Waals surface area contributed by atoms with E-state index in [1.54, 1.807) is 32.4 Å². The topological polar surface area (TPSA) is 58.6 Å². The van der Waals surface area contributed by atoms with Gasteiger partial charge in [-0.25, -0.2) is 12.7 Å². The average molecular weight is 314 g/mol. The molecule has 0 saturated heterocycles. The molecule has 0 aromatic heterocycles. The van der Waals surface area contributed by atoms with Gasteiger partial charge in [0.25, 0.3) is 0 Å². The molecule has 1 rings (SSSR count). The number of hydrogen-bond acceptors (Lipinski definition) is 4. The van der Waals surface area contributed by atoms with Crippen molar-refractivity contribution in [2.24, 2.45) is 0 Å². The number of rotatable bonds is 9. The predicted octanol–water partition coefficient (Wildman–Crippen LogP) is 1.88. The molecule has 0 heterocycles. The van der Waals surface area contributed by atoms with Gasteiger partial charge in [-0.1, -0.05) is 13.3 Å². The molecule has 6 heteroatoms. The van der Waals surface area contributed by atoms with Crippen LogP contribution in [0.5, 0.6) is 5.75 Å². The van der Waals surface area contributed by atoms with E-state index in [0.29, 0.717) is 30.2 Å². The summed E-state index contributed by atoms with van der Waals surface area (Å²) < 4.78 is 32.0. The summed E-state index contributed by atoms with van der Waals surface area (Å²) in [6.07, 6.45) is 2.47. The summed E-state index contributed by atoms with van der Waals surface area (Å²) in [6.45, 7) is 3.30. The van der Waals surface area contributed by atoms with E-state index in [-0.39, 0.29) is 0 Å². The van der Waals surface area contributed by atoms with Crippen LogP contribution in [0, 0.1) is 0 Å². The molecule has 0 spiro atoms. The molecule has 120 valence electrons. The molecule has 5 nitrogen and oxygen atoms in total. The molecule has 0 radical (unpaired) electrons. The molecule has 0 unspecified atom stereocenters. The largest absolute Gasteiger partial charge is 0.497 e. The fourth-order valence-corrected chi connectivity index (χ4v) is 3.50. The van der Waals surface area contributed by atoms with Crippen molar-refractivity contribution in [3.63, 3.8) is 0 Å². The number of nitrogens with zero attached hydrogens (tertiary/aromatic N) is 1. The number of likely N-dealkylation sites (N-methyl/N-ethyl adjacent to an activating group) is 1. The van der Waals surface area contributed by atoms with Crippen LogP contribution in [0.2, 0.25) is 0 Å².